The molecule has 86 valence electrons. The molecule has 0 N–H and O–H groups in total. The molecule has 0 heterocycles. The Labute approximate surface area is 89.0 Å². The van der Waals surface area contributed by atoms with E-state index < -0.39 is 0 Å². The van der Waals surface area contributed by atoms with Gasteiger partial charge in [0.25, 0.3) is 0 Å². The molecule has 14 heavy (non-hydrogen) atoms. The van der Waals surface area contributed by atoms with Crippen LogP contribution in [0.1, 0.15) is 20.8 Å². The number of nitrogens with zero attached hydrogens (tertiary/aromatic N) is 2. The minimum absolute atomic E-state index is 0.0588. The molecule has 0 aromatic rings. The first kappa shape index (κ1) is 13.9. The van der Waals surface area contributed by atoms with Gasteiger partial charge in [-0.15, -0.1) is 0 Å². The van der Waals surface area contributed by atoms with Crippen LogP contribution in [-0.2, 0) is 4.74 Å². The van der Waals surface area contributed by atoms with Gasteiger partial charge in [0, 0.05) is 13.1 Å². The van der Waals surface area contributed by atoms with E-state index in [1.54, 1.807) is 0 Å². The number of likely N-dealkylation sites (N-methyl/N-ethyl adjacent to an activating group) is 2. The van der Waals surface area contributed by atoms with E-state index in [9.17, 15) is 0 Å². The van der Waals surface area contributed by atoms with E-state index in [4.69, 9.17) is 4.74 Å². The lowest BCUT2D eigenvalue weighted by Crippen LogP contribution is -2.41. The standard InChI is InChI=1S/C11H26N2O/c1-11(2,3)14-10(8-12(4)5)9-13(6)7/h10H,8-9H2,1-7H3. The van der Waals surface area contributed by atoms with Crippen LogP contribution in [0.3, 0.4) is 0 Å². The Morgan fingerprint density at radius 2 is 1.29 bits per heavy atom. The fourth-order valence-electron chi connectivity index (χ4n) is 1.45. The lowest BCUT2D eigenvalue weighted by Gasteiger charge is -2.31. The van der Waals surface area contributed by atoms with Crippen molar-refractivity contribution >= 4 is 0 Å². The minimum Gasteiger partial charge on any atom is -0.370 e. The average molecular weight is 202 g/mol. The molecule has 0 aromatic carbocycles. The van der Waals surface area contributed by atoms with Crippen LogP contribution in [0.15, 0.2) is 0 Å². The molecular formula is C11H26N2O. The lowest BCUT2D eigenvalue weighted by atomic mass is 10.1. The molecule has 3 heteroatoms. The fraction of sp³-hybridized carbons (Fsp3) is 1.00. The summed E-state index contributed by atoms with van der Waals surface area (Å²) >= 11 is 0. The van der Waals surface area contributed by atoms with E-state index in [-0.39, 0.29) is 11.7 Å². The quantitative estimate of drug-likeness (QED) is 0.668. The maximum atomic E-state index is 5.98. The van der Waals surface area contributed by atoms with Gasteiger partial charge in [0.1, 0.15) is 0 Å². The van der Waals surface area contributed by atoms with E-state index in [1.807, 2.05) is 0 Å². The first-order valence-corrected chi connectivity index (χ1v) is 5.18. The zero-order chi connectivity index (χ0) is 11.4. The highest BCUT2D eigenvalue weighted by Crippen LogP contribution is 2.11. The Bertz CT molecular complexity index is 140. The summed E-state index contributed by atoms with van der Waals surface area (Å²) < 4.78 is 5.98. The predicted octanol–water partition coefficient (Wildman–Crippen LogP) is 1.29. The van der Waals surface area contributed by atoms with Gasteiger partial charge < -0.3 is 14.5 Å². The highest BCUT2D eigenvalue weighted by molar-refractivity contribution is 4.70. The fourth-order valence-corrected chi connectivity index (χ4v) is 1.45. The van der Waals surface area contributed by atoms with Crippen LogP contribution in [-0.4, -0.2) is 62.8 Å². The molecule has 3 nitrogen and oxygen atoms in total. The number of hydrogen-bond acceptors (Lipinski definition) is 3. The van der Waals surface area contributed by atoms with E-state index in [0.29, 0.717) is 0 Å². The first-order chi connectivity index (χ1) is 6.20. The van der Waals surface area contributed by atoms with Crippen LogP contribution in [0.5, 0.6) is 0 Å². The van der Waals surface area contributed by atoms with Gasteiger partial charge in [-0.05, 0) is 49.0 Å². The largest absolute Gasteiger partial charge is 0.370 e. The molecule has 0 aliphatic carbocycles. The molecule has 0 aliphatic heterocycles. The van der Waals surface area contributed by atoms with E-state index >= 15 is 0 Å². The molecule has 0 atom stereocenters. The summed E-state index contributed by atoms with van der Waals surface area (Å²) in [5.41, 5.74) is -0.0588. The van der Waals surface area contributed by atoms with Gasteiger partial charge in [0.05, 0.1) is 11.7 Å². The third kappa shape index (κ3) is 8.48. The van der Waals surface area contributed by atoms with Crippen molar-refractivity contribution in [3.05, 3.63) is 0 Å². The highest BCUT2D eigenvalue weighted by Gasteiger charge is 2.19. The smallest absolute Gasteiger partial charge is 0.0835 e. The summed E-state index contributed by atoms with van der Waals surface area (Å²) in [5.74, 6) is 0. The summed E-state index contributed by atoms with van der Waals surface area (Å²) in [6.45, 7) is 8.24. The van der Waals surface area contributed by atoms with Gasteiger partial charge in [0.15, 0.2) is 0 Å². The van der Waals surface area contributed by atoms with Gasteiger partial charge in [0.2, 0.25) is 0 Å². The maximum absolute atomic E-state index is 5.98. The minimum atomic E-state index is -0.0588. The van der Waals surface area contributed by atoms with Crippen molar-refractivity contribution in [1.29, 1.82) is 0 Å². The second-order valence-electron chi connectivity index (χ2n) is 5.38. The maximum Gasteiger partial charge on any atom is 0.0835 e. The number of ether oxygens (including phenoxy) is 1. The Kier molecular flexibility index (Phi) is 5.64. The van der Waals surface area contributed by atoms with Gasteiger partial charge in [-0.3, -0.25) is 0 Å². The summed E-state index contributed by atoms with van der Waals surface area (Å²) in [6.07, 6.45) is 0.278. The topological polar surface area (TPSA) is 15.7 Å². The van der Waals surface area contributed by atoms with Crippen molar-refractivity contribution in [2.75, 3.05) is 41.3 Å². The number of hydrogen-bond donors (Lipinski definition) is 0. The van der Waals surface area contributed by atoms with Crippen molar-refractivity contribution in [2.45, 2.75) is 32.5 Å². The van der Waals surface area contributed by atoms with Crippen molar-refractivity contribution in [3.63, 3.8) is 0 Å². The predicted molar refractivity (Wildman–Crippen MR) is 61.7 cm³/mol. The Hall–Kier alpha value is -0.120. The highest BCUT2D eigenvalue weighted by atomic mass is 16.5. The molecule has 0 rings (SSSR count). The van der Waals surface area contributed by atoms with Crippen molar-refractivity contribution in [2.24, 2.45) is 0 Å². The summed E-state index contributed by atoms with van der Waals surface area (Å²) in [6, 6.07) is 0. The van der Waals surface area contributed by atoms with Gasteiger partial charge >= 0.3 is 0 Å². The Balaban J connectivity index is 4.11. The molecule has 0 aliphatic rings. The van der Waals surface area contributed by atoms with E-state index in [0.717, 1.165) is 13.1 Å². The van der Waals surface area contributed by atoms with Crippen molar-refractivity contribution in [1.82, 2.24) is 9.80 Å². The van der Waals surface area contributed by atoms with Crippen molar-refractivity contribution < 1.29 is 4.74 Å². The monoisotopic (exact) mass is 202 g/mol. The number of rotatable bonds is 5. The van der Waals surface area contributed by atoms with Gasteiger partial charge in [-0.1, -0.05) is 0 Å². The van der Waals surface area contributed by atoms with Crippen LogP contribution >= 0.6 is 0 Å². The third-order valence-electron chi connectivity index (χ3n) is 1.66. The normalized spacial score (nSPS) is 13.3. The molecule has 0 aromatic heterocycles. The van der Waals surface area contributed by atoms with Crippen LogP contribution in [0.25, 0.3) is 0 Å². The molecule has 0 amide bonds. The zero-order valence-electron chi connectivity index (χ0n) is 10.8. The first-order valence-electron chi connectivity index (χ1n) is 5.18. The molecular weight excluding hydrogens is 176 g/mol. The second kappa shape index (κ2) is 5.69. The Morgan fingerprint density at radius 1 is 0.929 bits per heavy atom. The van der Waals surface area contributed by atoms with Gasteiger partial charge in [-0.25, -0.2) is 0 Å². The van der Waals surface area contributed by atoms with Crippen LogP contribution in [0, 0.1) is 0 Å². The average Bonchev–Trinajstić information content (AvgIpc) is 1.77. The van der Waals surface area contributed by atoms with Crippen molar-refractivity contribution in [3.8, 4) is 0 Å². The van der Waals surface area contributed by atoms with Crippen LogP contribution in [0.2, 0.25) is 0 Å². The molecule has 0 bridgehead atoms. The summed E-state index contributed by atoms with van der Waals surface area (Å²) in [5, 5.41) is 0. The van der Waals surface area contributed by atoms with E-state index in [1.165, 1.54) is 0 Å². The lowest BCUT2D eigenvalue weighted by molar-refractivity contribution is -0.0749. The van der Waals surface area contributed by atoms with Crippen LogP contribution < -0.4 is 0 Å². The molecule has 0 spiro atoms. The second-order valence-corrected chi connectivity index (χ2v) is 5.38. The molecule has 0 radical (unpaired) electrons. The zero-order valence-corrected chi connectivity index (χ0v) is 10.8. The third-order valence-corrected chi connectivity index (χ3v) is 1.66. The van der Waals surface area contributed by atoms with Gasteiger partial charge in [-0.2, -0.15) is 0 Å². The molecule has 0 saturated heterocycles. The molecule has 0 saturated carbocycles. The van der Waals surface area contributed by atoms with Crippen LogP contribution in [0.4, 0.5) is 0 Å². The molecule has 0 fully saturated rings. The summed E-state index contributed by atoms with van der Waals surface area (Å²) in [7, 11) is 8.31. The SMILES string of the molecule is CN(C)CC(CN(C)C)OC(C)(C)C. The Morgan fingerprint density at radius 3 is 1.50 bits per heavy atom. The molecule has 0 unspecified atom stereocenters. The van der Waals surface area contributed by atoms with E-state index in [2.05, 4.69) is 58.8 Å². The summed E-state index contributed by atoms with van der Waals surface area (Å²) in [4.78, 5) is 4.33.